The summed E-state index contributed by atoms with van der Waals surface area (Å²) < 4.78 is 85.4. The Morgan fingerprint density at radius 1 is 1.14 bits per heavy atom. The van der Waals surface area contributed by atoms with Crippen LogP contribution in [0.25, 0.3) is 22.3 Å². The number of amides is 1. The molecule has 1 aliphatic carbocycles. The number of fused-ring (bicyclic) bond motifs is 1. The molecule has 3 N–H and O–H groups in total. The summed E-state index contributed by atoms with van der Waals surface area (Å²) in [5, 5.41) is 21.8. The van der Waals surface area contributed by atoms with Gasteiger partial charge in [0.25, 0.3) is 5.91 Å². The van der Waals surface area contributed by atoms with Gasteiger partial charge in [0.1, 0.15) is 17.2 Å². The van der Waals surface area contributed by atoms with Crippen LogP contribution in [0.1, 0.15) is 51.4 Å². The molecule has 1 amide bonds. The third kappa shape index (κ3) is 6.68. The molecule has 8 nitrogen and oxygen atoms in total. The smallest absolute Gasteiger partial charge is 0.489 e. The van der Waals surface area contributed by atoms with Gasteiger partial charge >= 0.3 is 13.3 Å². The molecular formula is C29H26BF4N2O6S-. The average molecular weight is 617 g/mol. The number of furan rings is 1. The predicted molar refractivity (Wildman–Crippen MR) is 151 cm³/mol. The average Bonchev–Trinajstić information content (AvgIpc) is 3.74. The summed E-state index contributed by atoms with van der Waals surface area (Å²) in [4.78, 5) is 12.9. The van der Waals surface area contributed by atoms with Crippen molar-refractivity contribution in [3.05, 3.63) is 88.2 Å². The van der Waals surface area contributed by atoms with E-state index in [0.717, 1.165) is 34.3 Å². The van der Waals surface area contributed by atoms with Gasteiger partial charge < -0.3 is 24.3 Å². The summed E-state index contributed by atoms with van der Waals surface area (Å²) in [7, 11) is -0.860. The zero-order valence-electron chi connectivity index (χ0n) is 22.8. The third-order valence-electron chi connectivity index (χ3n) is 7.43. The van der Waals surface area contributed by atoms with Crippen LogP contribution in [0.3, 0.4) is 0 Å². The molecule has 14 heteroatoms. The first-order chi connectivity index (χ1) is 20.4. The summed E-state index contributed by atoms with van der Waals surface area (Å²) in [5.41, 5.74) is 0.865. The van der Waals surface area contributed by atoms with E-state index in [0.29, 0.717) is 22.6 Å². The van der Waals surface area contributed by atoms with Gasteiger partial charge in [0, 0.05) is 42.4 Å². The summed E-state index contributed by atoms with van der Waals surface area (Å²) >= 11 is -2.79. The molecular weight excluding hydrogens is 591 g/mol. The van der Waals surface area contributed by atoms with Gasteiger partial charge in [-0.05, 0) is 89.8 Å². The minimum absolute atomic E-state index is 0.0176. The number of nitrogens with zero attached hydrogens (tertiary/aromatic N) is 1. The molecule has 1 heterocycles. The third-order valence-corrected chi connectivity index (χ3v) is 8.16. The van der Waals surface area contributed by atoms with Crippen LogP contribution in [0.2, 0.25) is 0 Å². The van der Waals surface area contributed by atoms with Crippen LogP contribution in [0.5, 0.6) is 0 Å². The minimum atomic E-state index is -4.88. The Balaban J connectivity index is 1.47. The number of rotatable bonds is 10. The van der Waals surface area contributed by atoms with Crippen molar-refractivity contribution in [2.75, 3.05) is 13.6 Å². The van der Waals surface area contributed by atoms with E-state index < -0.39 is 47.3 Å². The van der Waals surface area contributed by atoms with Gasteiger partial charge in [0.05, 0.1) is 11.1 Å². The number of carbonyl (C=O) groups is 1. The molecule has 4 aromatic rings. The van der Waals surface area contributed by atoms with Crippen LogP contribution in [0.15, 0.2) is 59.0 Å². The van der Waals surface area contributed by atoms with Crippen LogP contribution in [-0.2, 0) is 30.4 Å². The highest BCUT2D eigenvalue weighted by Gasteiger charge is 2.36. The highest BCUT2D eigenvalue weighted by Crippen LogP contribution is 2.45. The fourth-order valence-electron chi connectivity index (χ4n) is 5.18. The van der Waals surface area contributed by atoms with Crippen LogP contribution in [0, 0.1) is 5.82 Å². The second kappa shape index (κ2) is 12.2. The molecule has 5 rings (SSSR count). The molecule has 1 atom stereocenters. The zero-order valence-corrected chi connectivity index (χ0v) is 23.6. The molecule has 0 radical (unpaired) electrons. The van der Waals surface area contributed by atoms with Crippen LogP contribution in [0.4, 0.5) is 17.6 Å². The Hall–Kier alpha value is -3.56. The molecule has 0 bridgehead atoms. The molecule has 3 aromatic carbocycles. The molecule has 1 fully saturated rings. The second-order valence-corrected chi connectivity index (χ2v) is 11.3. The molecule has 43 heavy (non-hydrogen) atoms. The molecule has 1 aliphatic rings. The van der Waals surface area contributed by atoms with Crippen molar-refractivity contribution >= 4 is 40.7 Å². The first kappa shape index (κ1) is 30.9. The number of hydrogen-bond donors (Lipinski definition) is 3. The van der Waals surface area contributed by atoms with Crippen molar-refractivity contribution in [1.82, 2.24) is 9.62 Å². The lowest BCUT2D eigenvalue weighted by Gasteiger charge is -2.25. The number of carbonyl (C=O) groups excluding carboxylic acids is 1. The van der Waals surface area contributed by atoms with E-state index in [1.54, 1.807) is 6.07 Å². The van der Waals surface area contributed by atoms with Gasteiger partial charge in [0.15, 0.2) is 0 Å². The monoisotopic (exact) mass is 617 g/mol. The van der Waals surface area contributed by atoms with Gasteiger partial charge in [-0.3, -0.25) is 9.00 Å². The van der Waals surface area contributed by atoms with E-state index in [2.05, 4.69) is 5.32 Å². The lowest BCUT2D eigenvalue weighted by Crippen LogP contribution is -2.36. The lowest BCUT2D eigenvalue weighted by atomic mass is 9.76. The van der Waals surface area contributed by atoms with Gasteiger partial charge in [-0.25, -0.2) is 8.70 Å². The normalized spacial score (nSPS) is 14.3. The topological polar surface area (TPSA) is 126 Å². The largest absolute Gasteiger partial charge is 0.760 e. The Bertz CT molecular complexity index is 1690. The second-order valence-electron chi connectivity index (χ2n) is 10.3. The molecule has 1 aromatic heterocycles. The zero-order chi connectivity index (χ0) is 31.1. The summed E-state index contributed by atoms with van der Waals surface area (Å²) in [6.45, 7) is -0.445. The van der Waals surface area contributed by atoms with Crippen molar-refractivity contribution in [2.24, 2.45) is 0 Å². The van der Waals surface area contributed by atoms with Gasteiger partial charge in [-0.1, -0.05) is 12.1 Å². The maximum absolute atomic E-state index is 13.6. The number of hydrogen-bond acceptors (Lipinski definition) is 6. The van der Waals surface area contributed by atoms with Gasteiger partial charge in [-0.2, -0.15) is 13.2 Å². The van der Waals surface area contributed by atoms with Gasteiger partial charge in [0.2, 0.25) is 0 Å². The molecule has 1 saturated carbocycles. The van der Waals surface area contributed by atoms with E-state index in [4.69, 9.17) is 4.42 Å². The van der Waals surface area contributed by atoms with E-state index in [1.165, 1.54) is 37.4 Å². The summed E-state index contributed by atoms with van der Waals surface area (Å²) in [6, 6.07) is 11.9. The standard InChI is InChI=1S/C29H27BF4N2O6S/c1-35-28(37)26-22-14-21(17-3-4-17)19(13-25(22)42-27(26)18-5-7-20(31)8-6-18)10-11-36(43(40)41)15-16-2-9-24(30(38)39)23(12-16)29(32,33)34/h2,5-9,12-14,17,38-39H,3-4,10-11,15H2,1H3,(H,35,37)(H,40,41)/p-1. The summed E-state index contributed by atoms with van der Waals surface area (Å²) in [5.74, 6) is -0.387. The minimum Gasteiger partial charge on any atom is -0.760 e. The van der Waals surface area contributed by atoms with Crippen molar-refractivity contribution in [3.8, 4) is 11.3 Å². The molecule has 226 valence electrons. The molecule has 0 aliphatic heterocycles. The first-order valence-electron chi connectivity index (χ1n) is 13.3. The van der Waals surface area contributed by atoms with Crippen LogP contribution >= 0.6 is 0 Å². The fraction of sp³-hybridized carbons (Fsp3) is 0.276. The molecule has 0 spiro atoms. The molecule has 1 unspecified atom stereocenters. The number of alkyl halides is 3. The van der Waals surface area contributed by atoms with Crippen LogP contribution in [-0.4, -0.2) is 49.7 Å². The van der Waals surface area contributed by atoms with Crippen molar-refractivity contribution in [1.29, 1.82) is 0 Å². The van der Waals surface area contributed by atoms with Crippen molar-refractivity contribution in [3.63, 3.8) is 0 Å². The SMILES string of the molecule is CNC(=O)c1c(-c2ccc(F)cc2)oc2cc(CCN(Cc3ccc(B(O)O)c(C(F)(F)F)c3)S(=O)[O-])c(C3CC3)cc12. The van der Waals surface area contributed by atoms with Crippen molar-refractivity contribution < 1.29 is 45.6 Å². The predicted octanol–water partition coefficient (Wildman–Crippen LogP) is 4.01. The molecule has 0 saturated heterocycles. The van der Waals surface area contributed by atoms with E-state index >= 15 is 0 Å². The lowest BCUT2D eigenvalue weighted by molar-refractivity contribution is -0.136. The van der Waals surface area contributed by atoms with Gasteiger partial charge in [-0.15, -0.1) is 0 Å². The fourth-order valence-corrected chi connectivity index (χ4v) is 5.67. The van der Waals surface area contributed by atoms with Crippen LogP contribution < -0.4 is 10.8 Å². The maximum atomic E-state index is 13.6. The summed E-state index contributed by atoms with van der Waals surface area (Å²) in [6.07, 6.45) is -2.88. The van der Waals surface area contributed by atoms with Crippen molar-refractivity contribution in [2.45, 2.75) is 37.9 Å². The number of benzene rings is 3. The maximum Gasteiger partial charge on any atom is 0.489 e. The first-order valence-corrected chi connectivity index (χ1v) is 14.4. The Kier molecular flexibility index (Phi) is 8.77. The highest BCUT2D eigenvalue weighted by atomic mass is 32.2. The quantitative estimate of drug-likeness (QED) is 0.140. The van der Waals surface area contributed by atoms with E-state index in [9.17, 15) is 41.2 Å². The number of nitrogens with one attached hydrogen (secondary N) is 1. The van der Waals surface area contributed by atoms with E-state index in [-0.39, 0.29) is 42.3 Å². The number of halogens is 4. The Morgan fingerprint density at radius 2 is 1.84 bits per heavy atom. The Morgan fingerprint density at radius 3 is 2.42 bits per heavy atom. The Labute approximate surface area is 246 Å². The highest BCUT2D eigenvalue weighted by molar-refractivity contribution is 7.76. The van der Waals surface area contributed by atoms with E-state index in [1.807, 2.05) is 6.07 Å².